The van der Waals surface area contributed by atoms with Gasteiger partial charge in [0.15, 0.2) is 0 Å². The van der Waals surface area contributed by atoms with Gasteiger partial charge in [0.05, 0.1) is 5.69 Å². The van der Waals surface area contributed by atoms with Gasteiger partial charge in [0.2, 0.25) is 0 Å². The van der Waals surface area contributed by atoms with Gasteiger partial charge in [-0.3, -0.25) is 4.98 Å². The number of nitrogens with zero attached hydrogens (tertiary/aromatic N) is 1. The van der Waals surface area contributed by atoms with Crippen molar-refractivity contribution in [2.24, 2.45) is 0 Å². The Hall–Kier alpha value is -1.83. The van der Waals surface area contributed by atoms with Crippen LogP contribution in [-0.2, 0) is 6.61 Å². The summed E-state index contributed by atoms with van der Waals surface area (Å²) in [4.78, 5) is 4.17. The fraction of sp³-hybridized carbons (Fsp3) is 0.154. The molecule has 2 nitrogen and oxygen atoms in total. The Labute approximate surface area is 89.6 Å². The van der Waals surface area contributed by atoms with E-state index in [4.69, 9.17) is 4.74 Å². The lowest BCUT2D eigenvalue weighted by Gasteiger charge is -2.07. The predicted octanol–water partition coefficient (Wildman–Crippen LogP) is 2.97. The molecule has 1 aromatic carbocycles. The fourth-order valence-electron chi connectivity index (χ4n) is 1.36. The van der Waals surface area contributed by atoms with Gasteiger partial charge < -0.3 is 4.74 Å². The van der Waals surface area contributed by atoms with Gasteiger partial charge in [-0.2, -0.15) is 0 Å². The largest absolute Gasteiger partial charge is 0.487 e. The van der Waals surface area contributed by atoms with E-state index in [2.05, 4.69) is 4.98 Å². The molecule has 2 heteroatoms. The highest BCUT2D eigenvalue weighted by atomic mass is 16.5. The predicted molar refractivity (Wildman–Crippen MR) is 59.7 cm³/mol. The van der Waals surface area contributed by atoms with E-state index < -0.39 is 0 Å². The van der Waals surface area contributed by atoms with E-state index in [0.29, 0.717) is 6.61 Å². The third-order valence-corrected chi connectivity index (χ3v) is 2.20. The van der Waals surface area contributed by atoms with Crippen LogP contribution in [0.5, 0.6) is 5.75 Å². The van der Waals surface area contributed by atoms with Gasteiger partial charge in [-0.05, 0) is 24.6 Å². The number of hydrogen-bond acceptors (Lipinski definition) is 2. The lowest BCUT2D eigenvalue weighted by molar-refractivity contribution is 0.302. The average Bonchev–Trinajstić information content (AvgIpc) is 2.29. The van der Waals surface area contributed by atoms with Gasteiger partial charge in [-0.25, -0.2) is 0 Å². The summed E-state index contributed by atoms with van der Waals surface area (Å²) >= 11 is 0. The highest BCUT2D eigenvalue weighted by Crippen LogP contribution is 2.15. The van der Waals surface area contributed by atoms with Crippen molar-refractivity contribution in [2.75, 3.05) is 0 Å². The average molecular weight is 199 g/mol. The number of aromatic nitrogens is 1. The van der Waals surface area contributed by atoms with Crippen molar-refractivity contribution in [1.29, 1.82) is 0 Å². The Morgan fingerprint density at radius 1 is 1.07 bits per heavy atom. The van der Waals surface area contributed by atoms with Crippen LogP contribution in [-0.4, -0.2) is 4.98 Å². The van der Waals surface area contributed by atoms with E-state index >= 15 is 0 Å². The van der Waals surface area contributed by atoms with Crippen LogP contribution in [0, 0.1) is 6.92 Å². The smallest absolute Gasteiger partial charge is 0.141 e. The SMILES string of the molecule is Cc1ncccc1OCc1ccccc1. The first-order chi connectivity index (χ1) is 7.36. The quantitative estimate of drug-likeness (QED) is 0.758. The highest BCUT2D eigenvalue weighted by Gasteiger charge is 1.98. The van der Waals surface area contributed by atoms with Crippen LogP contribution in [0.15, 0.2) is 48.7 Å². The van der Waals surface area contributed by atoms with E-state index in [9.17, 15) is 0 Å². The van der Waals surface area contributed by atoms with E-state index in [0.717, 1.165) is 11.4 Å². The second kappa shape index (κ2) is 4.60. The molecular weight excluding hydrogens is 186 g/mol. The summed E-state index contributed by atoms with van der Waals surface area (Å²) in [5.41, 5.74) is 2.09. The molecule has 0 amide bonds. The first-order valence-corrected chi connectivity index (χ1v) is 4.94. The Morgan fingerprint density at radius 3 is 2.60 bits per heavy atom. The topological polar surface area (TPSA) is 22.1 Å². The summed E-state index contributed by atoms with van der Waals surface area (Å²) in [6.45, 7) is 2.54. The van der Waals surface area contributed by atoms with Crippen LogP contribution in [0.1, 0.15) is 11.3 Å². The maximum atomic E-state index is 5.66. The number of ether oxygens (including phenoxy) is 1. The molecule has 0 radical (unpaired) electrons. The van der Waals surface area contributed by atoms with Crippen molar-refractivity contribution in [3.05, 3.63) is 59.9 Å². The monoisotopic (exact) mass is 199 g/mol. The van der Waals surface area contributed by atoms with E-state index in [-0.39, 0.29) is 0 Å². The Morgan fingerprint density at radius 2 is 1.87 bits per heavy atom. The molecule has 0 fully saturated rings. The molecule has 76 valence electrons. The Balaban J connectivity index is 2.03. The van der Waals surface area contributed by atoms with Crippen LogP contribution >= 0.6 is 0 Å². The van der Waals surface area contributed by atoms with Crippen LogP contribution < -0.4 is 4.74 Å². The highest BCUT2D eigenvalue weighted by molar-refractivity contribution is 5.26. The van der Waals surface area contributed by atoms with Gasteiger partial charge in [0.25, 0.3) is 0 Å². The summed E-state index contributed by atoms with van der Waals surface area (Å²) < 4.78 is 5.66. The van der Waals surface area contributed by atoms with E-state index in [1.54, 1.807) is 6.20 Å². The molecule has 0 saturated carbocycles. The van der Waals surface area contributed by atoms with Crippen LogP contribution in [0.25, 0.3) is 0 Å². The van der Waals surface area contributed by atoms with Gasteiger partial charge in [0, 0.05) is 6.20 Å². The number of benzene rings is 1. The second-order valence-corrected chi connectivity index (χ2v) is 3.36. The molecule has 0 aliphatic heterocycles. The third kappa shape index (κ3) is 2.56. The van der Waals surface area contributed by atoms with E-state index in [1.165, 1.54) is 5.56 Å². The minimum Gasteiger partial charge on any atom is -0.487 e. The molecule has 1 aromatic heterocycles. The molecule has 0 aliphatic carbocycles. The molecule has 0 bridgehead atoms. The van der Waals surface area contributed by atoms with Gasteiger partial charge in [-0.1, -0.05) is 30.3 Å². The van der Waals surface area contributed by atoms with Crippen LogP contribution in [0.2, 0.25) is 0 Å². The number of hydrogen-bond donors (Lipinski definition) is 0. The Kier molecular flexibility index (Phi) is 2.98. The first-order valence-electron chi connectivity index (χ1n) is 4.94. The summed E-state index contributed by atoms with van der Waals surface area (Å²) in [7, 11) is 0. The molecule has 0 atom stereocenters. The number of aryl methyl sites for hydroxylation is 1. The van der Waals surface area contributed by atoms with Crippen LogP contribution in [0.3, 0.4) is 0 Å². The zero-order valence-electron chi connectivity index (χ0n) is 8.68. The summed E-state index contributed by atoms with van der Waals surface area (Å²) in [6.07, 6.45) is 1.77. The normalized spacial score (nSPS) is 9.93. The minimum atomic E-state index is 0.591. The van der Waals surface area contributed by atoms with Crippen molar-refractivity contribution < 1.29 is 4.74 Å². The molecule has 0 aliphatic rings. The van der Waals surface area contributed by atoms with Crippen molar-refractivity contribution in [1.82, 2.24) is 4.98 Å². The summed E-state index contributed by atoms with van der Waals surface area (Å²) in [5, 5.41) is 0. The van der Waals surface area contributed by atoms with Gasteiger partial charge >= 0.3 is 0 Å². The van der Waals surface area contributed by atoms with Crippen LogP contribution in [0.4, 0.5) is 0 Å². The lowest BCUT2D eigenvalue weighted by atomic mass is 10.2. The third-order valence-electron chi connectivity index (χ3n) is 2.20. The number of pyridine rings is 1. The molecule has 0 unspecified atom stereocenters. The van der Waals surface area contributed by atoms with Crippen molar-refractivity contribution in [3.63, 3.8) is 0 Å². The summed E-state index contributed by atoms with van der Waals surface area (Å²) in [6, 6.07) is 13.9. The second-order valence-electron chi connectivity index (χ2n) is 3.36. The van der Waals surface area contributed by atoms with Gasteiger partial charge in [0.1, 0.15) is 12.4 Å². The molecule has 15 heavy (non-hydrogen) atoms. The van der Waals surface area contributed by atoms with Crippen molar-refractivity contribution >= 4 is 0 Å². The standard InChI is InChI=1S/C13H13NO/c1-11-13(8-5-9-14-11)15-10-12-6-3-2-4-7-12/h2-9H,10H2,1H3. The first kappa shape index (κ1) is 9.71. The fourth-order valence-corrected chi connectivity index (χ4v) is 1.36. The molecule has 2 aromatic rings. The molecular formula is C13H13NO. The molecule has 0 saturated heterocycles. The van der Waals surface area contributed by atoms with Gasteiger partial charge in [-0.15, -0.1) is 0 Å². The molecule has 0 N–H and O–H groups in total. The van der Waals surface area contributed by atoms with Crippen molar-refractivity contribution in [3.8, 4) is 5.75 Å². The zero-order valence-corrected chi connectivity index (χ0v) is 8.68. The number of rotatable bonds is 3. The molecule has 0 spiro atoms. The Bertz CT molecular complexity index is 426. The minimum absolute atomic E-state index is 0.591. The van der Waals surface area contributed by atoms with Crippen molar-refractivity contribution in [2.45, 2.75) is 13.5 Å². The van der Waals surface area contributed by atoms with E-state index in [1.807, 2.05) is 49.4 Å². The maximum Gasteiger partial charge on any atom is 0.141 e. The summed E-state index contributed by atoms with van der Waals surface area (Å²) in [5.74, 6) is 0.848. The zero-order chi connectivity index (χ0) is 10.5. The maximum absolute atomic E-state index is 5.66. The molecule has 1 heterocycles. The molecule has 2 rings (SSSR count). The lowest BCUT2D eigenvalue weighted by Crippen LogP contribution is -1.97.